The zero-order chi connectivity index (χ0) is 22.1. The summed E-state index contributed by atoms with van der Waals surface area (Å²) >= 11 is 0. The van der Waals surface area contributed by atoms with E-state index in [1.54, 1.807) is 4.90 Å². The van der Waals surface area contributed by atoms with Crippen molar-refractivity contribution >= 4 is 17.5 Å². The minimum Gasteiger partial charge on any atom is -0.484 e. The van der Waals surface area contributed by atoms with E-state index in [2.05, 4.69) is 5.32 Å². The van der Waals surface area contributed by atoms with Crippen LogP contribution in [0.15, 0.2) is 84.9 Å². The quantitative estimate of drug-likeness (QED) is 0.564. The fourth-order valence-corrected chi connectivity index (χ4v) is 3.18. The second kappa shape index (κ2) is 11.0. The van der Waals surface area contributed by atoms with Crippen LogP contribution in [0.25, 0.3) is 0 Å². The van der Waals surface area contributed by atoms with E-state index >= 15 is 0 Å². The highest BCUT2D eigenvalue weighted by Crippen LogP contribution is 2.20. The minimum absolute atomic E-state index is 0.0174. The van der Waals surface area contributed by atoms with E-state index in [1.165, 1.54) is 0 Å². The van der Waals surface area contributed by atoms with Crippen LogP contribution in [0.1, 0.15) is 25.0 Å². The first-order chi connectivity index (χ1) is 15.0. The van der Waals surface area contributed by atoms with Gasteiger partial charge in [-0.05, 0) is 49.2 Å². The fraction of sp³-hybridized carbons (Fsp3) is 0.231. The standard InChI is InChI=1S/C26H28N2O3/c1-20(2)27-25(29)17-21-13-15-23(16-14-21)28(18-22-9-5-3-6-10-22)26(30)19-31-24-11-7-4-8-12-24/h3-16,20H,17-19H2,1-2H3,(H,27,29). The van der Waals surface area contributed by atoms with Gasteiger partial charge in [0.15, 0.2) is 6.61 Å². The van der Waals surface area contributed by atoms with Gasteiger partial charge in [-0.15, -0.1) is 0 Å². The highest BCUT2D eigenvalue weighted by molar-refractivity contribution is 5.94. The second-order valence-corrected chi connectivity index (χ2v) is 7.63. The first-order valence-corrected chi connectivity index (χ1v) is 10.4. The Kier molecular flexibility index (Phi) is 7.82. The summed E-state index contributed by atoms with van der Waals surface area (Å²) in [4.78, 5) is 26.8. The molecule has 3 aromatic carbocycles. The summed E-state index contributed by atoms with van der Waals surface area (Å²) in [7, 11) is 0. The van der Waals surface area contributed by atoms with Crippen molar-refractivity contribution in [2.75, 3.05) is 11.5 Å². The fourth-order valence-electron chi connectivity index (χ4n) is 3.18. The van der Waals surface area contributed by atoms with Crippen molar-refractivity contribution in [1.29, 1.82) is 0 Å². The molecule has 0 unspecified atom stereocenters. The monoisotopic (exact) mass is 416 g/mol. The van der Waals surface area contributed by atoms with Gasteiger partial charge in [-0.3, -0.25) is 9.59 Å². The number of anilines is 1. The molecule has 0 atom stereocenters. The van der Waals surface area contributed by atoms with Gasteiger partial charge in [0.1, 0.15) is 5.75 Å². The van der Waals surface area contributed by atoms with Crippen LogP contribution < -0.4 is 15.0 Å². The van der Waals surface area contributed by atoms with Gasteiger partial charge >= 0.3 is 0 Å². The van der Waals surface area contributed by atoms with Crippen molar-refractivity contribution in [3.8, 4) is 5.75 Å². The lowest BCUT2D eigenvalue weighted by Crippen LogP contribution is -2.34. The molecule has 0 aliphatic carbocycles. The van der Waals surface area contributed by atoms with Gasteiger partial charge in [0, 0.05) is 11.7 Å². The molecule has 0 radical (unpaired) electrons. The molecule has 0 saturated carbocycles. The summed E-state index contributed by atoms with van der Waals surface area (Å²) in [6, 6.07) is 26.8. The summed E-state index contributed by atoms with van der Waals surface area (Å²) in [5, 5.41) is 2.89. The molecule has 31 heavy (non-hydrogen) atoms. The summed E-state index contributed by atoms with van der Waals surface area (Å²) in [5.41, 5.74) is 2.68. The van der Waals surface area contributed by atoms with E-state index in [9.17, 15) is 9.59 Å². The first-order valence-electron chi connectivity index (χ1n) is 10.4. The number of carbonyl (C=O) groups is 2. The number of carbonyl (C=O) groups excluding carboxylic acids is 2. The maximum Gasteiger partial charge on any atom is 0.265 e. The third-order valence-electron chi connectivity index (χ3n) is 4.65. The van der Waals surface area contributed by atoms with Crippen LogP contribution in [0.4, 0.5) is 5.69 Å². The van der Waals surface area contributed by atoms with Gasteiger partial charge in [0.2, 0.25) is 5.91 Å². The highest BCUT2D eigenvalue weighted by Gasteiger charge is 2.17. The van der Waals surface area contributed by atoms with Gasteiger partial charge in [-0.25, -0.2) is 0 Å². The van der Waals surface area contributed by atoms with Crippen LogP contribution in [0.3, 0.4) is 0 Å². The Morgan fingerprint density at radius 3 is 2.06 bits per heavy atom. The average molecular weight is 417 g/mol. The third-order valence-corrected chi connectivity index (χ3v) is 4.65. The van der Waals surface area contributed by atoms with Crippen molar-refractivity contribution in [3.63, 3.8) is 0 Å². The molecule has 0 aromatic heterocycles. The maximum absolute atomic E-state index is 13.0. The number of ether oxygens (including phenoxy) is 1. The Labute approximate surface area is 183 Å². The van der Waals surface area contributed by atoms with E-state index in [4.69, 9.17) is 4.74 Å². The predicted molar refractivity (Wildman–Crippen MR) is 123 cm³/mol. The van der Waals surface area contributed by atoms with Crippen LogP contribution in [0.2, 0.25) is 0 Å². The molecule has 0 aliphatic heterocycles. The van der Waals surface area contributed by atoms with Gasteiger partial charge < -0.3 is 15.0 Å². The number of amides is 2. The minimum atomic E-state index is -0.141. The molecule has 0 fully saturated rings. The molecule has 0 bridgehead atoms. The lowest BCUT2D eigenvalue weighted by molar-refractivity contribution is -0.121. The molecule has 3 aromatic rings. The number of nitrogens with one attached hydrogen (secondary N) is 1. The summed E-state index contributed by atoms with van der Waals surface area (Å²) < 4.78 is 5.68. The topological polar surface area (TPSA) is 58.6 Å². The van der Waals surface area contributed by atoms with E-state index in [1.807, 2.05) is 98.8 Å². The Bertz CT molecular complexity index is 971. The van der Waals surface area contributed by atoms with Crippen molar-refractivity contribution in [3.05, 3.63) is 96.1 Å². The highest BCUT2D eigenvalue weighted by atomic mass is 16.5. The number of nitrogens with zero attached hydrogens (tertiary/aromatic N) is 1. The van der Waals surface area contributed by atoms with Crippen molar-refractivity contribution in [2.24, 2.45) is 0 Å². The molecule has 2 amide bonds. The lowest BCUT2D eigenvalue weighted by atomic mass is 10.1. The van der Waals surface area contributed by atoms with E-state index in [0.717, 1.165) is 16.8 Å². The number of rotatable bonds is 9. The summed E-state index contributed by atoms with van der Waals surface area (Å²) in [5.74, 6) is 0.497. The van der Waals surface area contributed by atoms with Crippen molar-refractivity contribution in [2.45, 2.75) is 32.9 Å². The smallest absolute Gasteiger partial charge is 0.265 e. The molecule has 0 heterocycles. The van der Waals surface area contributed by atoms with Gasteiger partial charge in [0.25, 0.3) is 5.91 Å². The molecular formula is C26H28N2O3. The zero-order valence-corrected chi connectivity index (χ0v) is 18.0. The van der Waals surface area contributed by atoms with Gasteiger partial charge in [0.05, 0.1) is 13.0 Å². The lowest BCUT2D eigenvalue weighted by Gasteiger charge is -2.23. The van der Waals surface area contributed by atoms with E-state index < -0.39 is 0 Å². The molecule has 0 aliphatic rings. The molecule has 1 N–H and O–H groups in total. The Morgan fingerprint density at radius 1 is 0.839 bits per heavy atom. The summed E-state index contributed by atoms with van der Waals surface area (Å²) in [6.07, 6.45) is 0.308. The maximum atomic E-state index is 13.0. The number of hydrogen-bond donors (Lipinski definition) is 1. The van der Waals surface area contributed by atoms with Gasteiger partial charge in [-0.2, -0.15) is 0 Å². The number of hydrogen-bond acceptors (Lipinski definition) is 3. The van der Waals surface area contributed by atoms with Gasteiger partial charge in [-0.1, -0.05) is 60.7 Å². The molecule has 0 spiro atoms. The third kappa shape index (κ3) is 7.00. The Morgan fingerprint density at radius 2 is 1.45 bits per heavy atom. The van der Waals surface area contributed by atoms with Crippen LogP contribution >= 0.6 is 0 Å². The van der Waals surface area contributed by atoms with E-state index in [-0.39, 0.29) is 24.5 Å². The zero-order valence-electron chi connectivity index (χ0n) is 18.0. The Balaban J connectivity index is 1.73. The van der Waals surface area contributed by atoms with Crippen LogP contribution in [-0.2, 0) is 22.6 Å². The largest absolute Gasteiger partial charge is 0.484 e. The molecule has 3 rings (SSSR count). The molecular weight excluding hydrogens is 388 g/mol. The van der Waals surface area contributed by atoms with Crippen LogP contribution in [0.5, 0.6) is 5.75 Å². The van der Waals surface area contributed by atoms with Crippen LogP contribution in [-0.4, -0.2) is 24.5 Å². The predicted octanol–water partition coefficient (Wildman–Crippen LogP) is 4.37. The van der Waals surface area contributed by atoms with Crippen molar-refractivity contribution < 1.29 is 14.3 Å². The van der Waals surface area contributed by atoms with Crippen molar-refractivity contribution in [1.82, 2.24) is 5.32 Å². The molecule has 5 heteroatoms. The first kappa shape index (κ1) is 22.1. The molecule has 160 valence electrons. The average Bonchev–Trinajstić information content (AvgIpc) is 2.77. The normalized spacial score (nSPS) is 10.5. The summed E-state index contributed by atoms with van der Waals surface area (Å²) in [6.45, 7) is 4.25. The Hall–Kier alpha value is -3.60. The number of para-hydroxylation sites is 1. The van der Waals surface area contributed by atoms with Crippen LogP contribution in [0, 0.1) is 0 Å². The second-order valence-electron chi connectivity index (χ2n) is 7.63. The van der Waals surface area contributed by atoms with E-state index in [0.29, 0.717) is 18.7 Å². The SMILES string of the molecule is CC(C)NC(=O)Cc1ccc(N(Cc2ccccc2)C(=O)COc2ccccc2)cc1. The molecule has 0 saturated heterocycles. The molecule has 5 nitrogen and oxygen atoms in total. The number of benzene rings is 3.